The van der Waals surface area contributed by atoms with Crippen LogP contribution in [0.2, 0.25) is 0 Å². The number of esters is 1. The summed E-state index contributed by atoms with van der Waals surface area (Å²) in [4.78, 5) is 31.2. The summed E-state index contributed by atoms with van der Waals surface area (Å²) in [6.45, 7) is 3.00. The minimum absolute atomic E-state index is 0.142. The van der Waals surface area contributed by atoms with Crippen LogP contribution in [0.1, 0.15) is 34.5 Å². The van der Waals surface area contributed by atoms with Crippen LogP contribution in [0.15, 0.2) is 42.5 Å². The topological polar surface area (TPSA) is 80.9 Å². The number of rotatable bonds is 3. The van der Waals surface area contributed by atoms with Gasteiger partial charge in [0.05, 0.1) is 6.61 Å². The number of para-hydroxylation sites is 1. The minimum Gasteiger partial charge on any atom is -0.465 e. The number of amides is 1. The van der Waals surface area contributed by atoms with Gasteiger partial charge in [-0.3, -0.25) is 9.59 Å². The van der Waals surface area contributed by atoms with Crippen molar-refractivity contribution >= 4 is 22.8 Å². The van der Waals surface area contributed by atoms with Gasteiger partial charge < -0.3 is 24.1 Å². The third-order valence-corrected chi connectivity index (χ3v) is 5.71. The average Bonchev–Trinajstić information content (AvgIpc) is 3.32. The van der Waals surface area contributed by atoms with E-state index in [0.717, 1.165) is 22.2 Å². The Morgan fingerprint density at radius 3 is 2.87 bits per heavy atom. The first-order valence-electron chi connectivity index (χ1n) is 10.1. The highest BCUT2D eigenvalue weighted by molar-refractivity contribution is 5.96. The Morgan fingerprint density at radius 1 is 1.17 bits per heavy atom. The summed E-state index contributed by atoms with van der Waals surface area (Å²) < 4.78 is 16.1. The molecule has 0 spiro atoms. The molecule has 3 aromatic rings. The molecule has 0 aliphatic carbocycles. The summed E-state index contributed by atoms with van der Waals surface area (Å²) in [5, 5.41) is 1.08. The number of hydrogen-bond acceptors (Lipinski definition) is 5. The molecule has 2 aromatic carbocycles. The number of ether oxygens (including phenoxy) is 3. The van der Waals surface area contributed by atoms with Crippen LogP contribution in [0.25, 0.3) is 10.9 Å². The maximum Gasteiger partial charge on any atom is 0.316 e. The second-order valence-corrected chi connectivity index (χ2v) is 7.44. The molecule has 7 heteroatoms. The number of nitrogens with one attached hydrogen (secondary N) is 1. The summed E-state index contributed by atoms with van der Waals surface area (Å²) in [6.07, 6.45) is 0.658. The Labute approximate surface area is 173 Å². The molecule has 154 valence electrons. The van der Waals surface area contributed by atoms with Crippen LogP contribution < -0.4 is 9.47 Å². The van der Waals surface area contributed by atoms with Gasteiger partial charge in [-0.25, -0.2) is 0 Å². The molecule has 1 aromatic heterocycles. The van der Waals surface area contributed by atoms with Gasteiger partial charge in [0.15, 0.2) is 11.5 Å². The van der Waals surface area contributed by atoms with Crippen LogP contribution >= 0.6 is 0 Å². The molecule has 1 N–H and O–H groups in total. The van der Waals surface area contributed by atoms with Gasteiger partial charge in [0.25, 0.3) is 5.91 Å². The molecular weight excluding hydrogens is 384 g/mol. The van der Waals surface area contributed by atoms with E-state index >= 15 is 0 Å². The van der Waals surface area contributed by atoms with Gasteiger partial charge in [-0.1, -0.05) is 18.2 Å². The Bertz CT molecular complexity index is 1140. The van der Waals surface area contributed by atoms with E-state index in [4.69, 9.17) is 14.2 Å². The van der Waals surface area contributed by atoms with Crippen molar-refractivity contribution in [1.82, 2.24) is 9.88 Å². The van der Waals surface area contributed by atoms with Crippen molar-refractivity contribution in [3.63, 3.8) is 0 Å². The van der Waals surface area contributed by atoms with Gasteiger partial charge in [0, 0.05) is 35.2 Å². The Balaban J connectivity index is 1.50. The molecule has 0 saturated carbocycles. The van der Waals surface area contributed by atoms with Crippen LogP contribution in [-0.2, 0) is 16.0 Å². The second-order valence-electron chi connectivity index (χ2n) is 7.44. The molecule has 0 bridgehead atoms. The number of hydrogen-bond donors (Lipinski definition) is 1. The summed E-state index contributed by atoms with van der Waals surface area (Å²) in [5.74, 6) is 0.169. The molecule has 0 fully saturated rings. The number of aromatic amines is 1. The lowest BCUT2D eigenvalue weighted by atomic mass is 10.00. The number of fused-ring (bicyclic) bond motifs is 4. The molecule has 2 aliphatic heterocycles. The van der Waals surface area contributed by atoms with Crippen LogP contribution in [0.3, 0.4) is 0 Å². The first-order chi connectivity index (χ1) is 14.7. The van der Waals surface area contributed by atoms with Crippen LogP contribution in [0, 0.1) is 0 Å². The standard InChI is InChI=1S/C23H22N2O5/c1-2-28-23(27)17-12-25(22(26)14-7-8-19-20(11-14)30-13-29-19)10-9-16-15-5-3-4-6-18(15)24-21(16)17/h3-8,11,17,24H,2,9-10,12-13H2,1H3. The average molecular weight is 406 g/mol. The number of carbonyl (C=O) groups excluding carboxylic acids is 2. The highest BCUT2D eigenvalue weighted by atomic mass is 16.7. The molecule has 5 rings (SSSR count). The van der Waals surface area contributed by atoms with Crippen molar-refractivity contribution < 1.29 is 23.8 Å². The van der Waals surface area contributed by atoms with Gasteiger partial charge in [-0.2, -0.15) is 0 Å². The van der Waals surface area contributed by atoms with Crippen LogP contribution in [0.5, 0.6) is 11.5 Å². The summed E-state index contributed by atoms with van der Waals surface area (Å²) in [7, 11) is 0. The molecule has 1 amide bonds. The quantitative estimate of drug-likeness (QED) is 0.676. The van der Waals surface area contributed by atoms with Gasteiger partial charge in [0.2, 0.25) is 6.79 Å². The number of H-pyrrole nitrogens is 1. The molecule has 0 radical (unpaired) electrons. The lowest BCUT2D eigenvalue weighted by molar-refractivity contribution is -0.145. The smallest absolute Gasteiger partial charge is 0.316 e. The number of nitrogens with zero attached hydrogens (tertiary/aromatic N) is 1. The van der Waals surface area contributed by atoms with E-state index in [1.54, 1.807) is 30.0 Å². The van der Waals surface area contributed by atoms with E-state index in [-0.39, 0.29) is 25.2 Å². The Hall–Kier alpha value is -3.48. The third kappa shape index (κ3) is 3.07. The largest absolute Gasteiger partial charge is 0.465 e. The summed E-state index contributed by atoms with van der Waals surface area (Å²) in [5.41, 5.74) is 3.42. The fraction of sp³-hybridized carbons (Fsp3) is 0.304. The zero-order valence-corrected chi connectivity index (χ0v) is 16.6. The van der Waals surface area contributed by atoms with Crippen LogP contribution in [-0.4, -0.2) is 48.2 Å². The van der Waals surface area contributed by atoms with Crippen molar-refractivity contribution in [2.75, 3.05) is 26.5 Å². The summed E-state index contributed by atoms with van der Waals surface area (Å²) >= 11 is 0. The van der Waals surface area contributed by atoms with E-state index in [0.29, 0.717) is 36.6 Å². The van der Waals surface area contributed by atoms with E-state index in [9.17, 15) is 9.59 Å². The molecule has 2 aliphatic rings. The molecule has 3 heterocycles. The van der Waals surface area contributed by atoms with Crippen molar-refractivity contribution in [1.29, 1.82) is 0 Å². The first-order valence-corrected chi connectivity index (χ1v) is 10.1. The SMILES string of the molecule is CCOC(=O)C1CN(C(=O)c2ccc3c(c2)OCO3)CCc2c1[nH]c1ccccc21. The fourth-order valence-electron chi connectivity index (χ4n) is 4.27. The lowest BCUT2D eigenvalue weighted by Crippen LogP contribution is -2.37. The van der Waals surface area contributed by atoms with Gasteiger partial charge in [-0.15, -0.1) is 0 Å². The zero-order valence-electron chi connectivity index (χ0n) is 16.6. The molecule has 1 atom stereocenters. The Kier molecular flexibility index (Phi) is 4.58. The predicted octanol–water partition coefficient (Wildman–Crippen LogP) is 3.24. The maximum atomic E-state index is 13.3. The maximum absolute atomic E-state index is 13.3. The molecule has 0 saturated heterocycles. The molecular formula is C23H22N2O5. The van der Waals surface area contributed by atoms with Gasteiger partial charge in [-0.05, 0) is 43.2 Å². The van der Waals surface area contributed by atoms with E-state index in [1.807, 2.05) is 24.3 Å². The highest BCUT2D eigenvalue weighted by Crippen LogP contribution is 2.35. The van der Waals surface area contributed by atoms with Gasteiger partial charge >= 0.3 is 5.97 Å². The second kappa shape index (κ2) is 7.40. The van der Waals surface area contributed by atoms with Gasteiger partial charge in [0.1, 0.15) is 5.92 Å². The molecule has 7 nitrogen and oxygen atoms in total. The van der Waals surface area contributed by atoms with Crippen molar-refractivity contribution in [2.45, 2.75) is 19.3 Å². The molecule has 30 heavy (non-hydrogen) atoms. The number of benzene rings is 2. The summed E-state index contributed by atoms with van der Waals surface area (Å²) in [6, 6.07) is 13.2. The van der Waals surface area contributed by atoms with Crippen molar-refractivity contribution in [2.24, 2.45) is 0 Å². The predicted molar refractivity (Wildman–Crippen MR) is 110 cm³/mol. The first kappa shape index (κ1) is 18.5. The van der Waals surface area contributed by atoms with Crippen molar-refractivity contribution in [3.8, 4) is 11.5 Å². The fourth-order valence-corrected chi connectivity index (χ4v) is 4.27. The Morgan fingerprint density at radius 2 is 2.00 bits per heavy atom. The van der Waals surface area contributed by atoms with E-state index < -0.39 is 5.92 Å². The minimum atomic E-state index is -0.562. The third-order valence-electron chi connectivity index (χ3n) is 5.71. The number of carbonyl (C=O) groups is 2. The lowest BCUT2D eigenvalue weighted by Gasteiger charge is -2.24. The van der Waals surface area contributed by atoms with E-state index in [2.05, 4.69) is 4.98 Å². The zero-order chi connectivity index (χ0) is 20.7. The van der Waals surface area contributed by atoms with Crippen molar-refractivity contribution in [3.05, 3.63) is 59.3 Å². The number of aromatic nitrogens is 1. The highest BCUT2D eigenvalue weighted by Gasteiger charge is 2.34. The molecule has 1 unspecified atom stereocenters. The van der Waals surface area contributed by atoms with E-state index in [1.165, 1.54) is 0 Å². The van der Waals surface area contributed by atoms with Crippen LogP contribution in [0.4, 0.5) is 0 Å². The monoisotopic (exact) mass is 406 g/mol. The normalized spacial score (nSPS) is 17.5.